The Labute approximate surface area is 149 Å². The lowest BCUT2D eigenvalue weighted by Gasteiger charge is -2.22. The van der Waals surface area contributed by atoms with Gasteiger partial charge in [0.15, 0.2) is 6.10 Å². The van der Waals surface area contributed by atoms with Gasteiger partial charge in [0.25, 0.3) is 0 Å². The Bertz CT molecular complexity index is 864. The lowest BCUT2D eigenvalue weighted by Crippen LogP contribution is -2.17. The molecule has 0 radical (unpaired) electrons. The maximum absolute atomic E-state index is 10.3. The molecule has 0 saturated carbocycles. The van der Waals surface area contributed by atoms with Gasteiger partial charge in [0.1, 0.15) is 11.5 Å². The molecule has 0 saturated heterocycles. The smallest absolute Gasteiger partial charge is 0.152 e. The van der Waals surface area contributed by atoms with E-state index in [0.717, 1.165) is 27.0 Å². The van der Waals surface area contributed by atoms with Crippen molar-refractivity contribution in [2.45, 2.75) is 12.1 Å². The van der Waals surface area contributed by atoms with Crippen LogP contribution in [0.15, 0.2) is 77.3 Å². The molecule has 0 bridgehead atoms. The van der Waals surface area contributed by atoms with Gasteiger partial charge in [0.2, 0.25) is 0 Å². The van der Waals surface area contributed by atoms with Crippen LogP contribution in [0.3, 0.4) is 0 Å². The molecular weight excluding hydrogens is 366 g/mol. The average molecular weight is 382 g/mol. The van der Waals surface area contributed by atoms with E-state index in [1.165, 1.54) is 0 Å². The van der Waals surface area contributed by atoms with Crippen molar-refractivity contribution in [2.75, 3.05) is 5.32 Å². The number of aromatic hydroxyl groups is 1. The highest BCUT2D eigenvalue weighted by Crippen LogP contribution is 2.47. The van der Waals surface area contributed by atoms with Gasteiger partial charge in [-0.1, -0.05) is 52.3 Å². The zero-order valence-electron chi connectivity index (χ0n) is 12.8. The third kappa shape index (κ3) is 2.74. The van der Waals surface area contributed by atoms with Gasteiger partial charge < -0.3 is 15.2 Å². The monoisotopic (exact) mass is 381 g/mol. The summed E-state index contributed by atoms with van der Waals surface area (Å²) < 4.78 is 7.19. The Balaban J connectivity index is 1.74. The van der Waals surface area contributed by atoms with Crippen LogP contribution in [0.5, 0.6) is 11.5 Å². The number of hydrogen-bond donors (Lipinski definition) is 2. The van der Waals surface area contributed by atoms with Crippen LogP contribution in [0, 0.1) is 0 Å². The fourth-order valence-electron chi connectivity index (χ4n) is 3.06. The van der Waals surface area contributed by atoms with E-state index in [0.29, 0.717) is 0 Å². The van der Waals surface area contributed by atoms with E-state index < -0.39 is 0 Å². The van der Waals surface area contributed by atoms with Crippen molar-refractivity contribution in [1.82, 2.24) is 0 Å². The fraction of sp³-hybridized carbons (Fsp3) is 0.100. The average Bonchev–Trinajstić information content (AvgIpc) is 2.96. The van der Waals surface area contributed by atoms with E-state index in [9.17, 15) is 5.11 Å². The van der Waals surface area contributed by atoms with Crippen molar-refractivity contribution >= 4 is 21.6 Å². The van der Waals surface area contributed by atoms with Gasteiger partial charge in [-0.25, -0.2) is 0 Å². The zero-order chi connectivity index (χ0) is 16.5. The number of rotatable bonds is 3. The van der Waals surface area contributed by atoms with Gasteiger partial charge in [0.05, 0.1) is 6.04 Å². The fourth-order valence-corrected chi connectivity index (χ4v) is 3.33. The molecule has 1 aliphatic heterocycles. The minimum atomic E-state index is -0.285. The van der Waals surface area contributed by atoms with Crippen LogP contribution >= 0.6 is 15.9 Å². The maximum atomic E-state index is 10.3. The molecule has 24 heavy (non-hydrogen) atoms. The van der Waals surface area contributed by atoms with Crippen LogP contribution in [-0.4, -0.2) is 5.11 Å². The first-order chi connectivity index (χ1) is 11.7. The normalized spacial score (nSPS) is 18.7. The molecule has 0 aromatic heterocycles. The summed E-state index contributed by atoms with van der Waals surface area (Å²) in [5.74, 6) is 1.10. The quantitative estimate of drug-likeness (QED) is 0.634. The Kier molecular flexibility index (Phi) is 3.90. The molecule has 0 spiro atoms. The van der Waals surface area contributed by atoms with Crippen molar-refractivity contribution in [3.63, 3.8) is 0 Å². The molecule has 1 aliphatic rings. The Morgan fingerprint density at radius 1 is 0.833 bits per heavy atom. The van der Waals surface area contributed by atoms with Gasteiger partial charge in [-0.2, -0.15) is 0 Å². The lowest BCUT2D eigenvalue weighted by atomic mass is 9.97. The van der Waals surface area contributed by atoms with E-state index in [1.807, 2.05) is 60.7 Å². The summed E-state index contributed by atoms with van der Waals surface area (Å²) in [6, 6.07) is 23.3. The minimum absolute atomic E-state index is 0.0734. The highest BCUT2D eigenvalue weighted by atomic mass is 79.9. The van der Waals surface area contributed by atoms with E-state index in [2.05, 4.69) is 27.3 Å². The van der Waals surface area contributed by atoms with Crippen molar-refractivity contribution in [3.8, 4) is 11.5 Å². The molecule has 0 aliphatic carbocycles. The number of ether oxygens (including phenoxy) is 1. The van der Waals surface area contributed by atoms with Crippen LogP contribution in [0.1, 0.15) is 23.3 Å². The van der Waals surface area contributed by atoms with Gasteiger partial charge >= 0.3 is 0 Å². The molecule has 120 valence electrons. The second-order valence-corrected chi connectivity index (χ2v) is 6.68. The van der Waals surface area contributed by atoms with Crippen molar-refractivity contribution in [2.24, 2.45) is 0 Å². The van der Waals surface area contributed by atoms with E-state index in [1.54, 1.807) is 6.07 Å². The van der Waals surface area contributed by atoms with E-state index >= 15 is 0 Å². The van der Waals surface area contributed by atoms with Gasteiger partial charge in [-0.15, -0.1) is 0 Å². The molecule has 0 unspecified atom stereocenters. The second kappa shape index (κ2) is 6.21. The summed E-state index contributed by atoms with van der Waals surface area (Å²) in [6.45, 7) is 0. The van der Waals surface area contributed by atoms with Crippen LogP contribution in [-0.2, 0) is 0 Å². The molecular formula is C20H16BrNO2. The lowest BCUT2D eigenvalue weighted by molar-refractivity contribution is 0.214. The third-order valence-corrected chi connectivity index (χ3v) is 4.75. The minimum Gasteiger partial charge on any atom is -0.508 e. The number of halogens is 1. The molecule has 3 nitrogen and oxygen atoms in total. The van der Waals surface area contributed by atoms with Crippen LogP contribution < -0.4 is 10.1 Å². The van der Waals surface area contributed by atoms with Gasteiger partial charge in [0, 0.05) is 21.3 Å². The molecule has 3 aromatic carbocycles. The molecule has 0 fully saturated rings. The number of para-hydroxylation sites is 2. The predicted molar refractivity (Wildman–Crippen MR) is 98.4 cm³/mol. The summed E-state index contributed by atoms with van der Waals surface area (Å²) >= 11 is 3.46. The number of fused-ring (bicyclic) bond motifs is 1. The Hall–Kier alpha value is -2.46. The van der Waals surface area contributed by atoms with E-state index in [-0.39, 0.29) is 17.9 Å². The van der Waals surface area contributed by atoms with Crippen LogP contribution in [0.25, 0.3) is 0 Å². The zero-order valence-corrected chi connectivity index (χ0v) is 14.4. The van der Waals surface area contributed by atoms with Crippen molar-refractivity contribution < 1.29 is 9.84 Å². The summed E-state index contributed by atoms with van der Waals surface area (Å²) in [6.07, 6.45) is -0.285. The molecule has 0 amide bonds. The summed E-state index contributed by atoms with van der Waals surface area (Å²) in [5.41, 5.74) is 2.88. The molecule has 1 heterocycles. The van der Waals surface area contributed by atoms with Crippen LogP contribution in [0.4, 0.5) is 5.69 Å². The highest BCUT2D eigenvalue weighted by molar-refractivity contribution is 9.10. The topological polar surface area (TPSA) is 41.5 Å². The van der Waals surface area contributed by atoms with Gasteiger partial charge in [-0.3, -0.25) is 0 Å². The largest absolute Gasteiger partial charge is 0.508 e. The van der Waals surface area contributed by atoms with Crippen molar-refractivity contribution in [1.29, 1.82) is 0 Å². The third-order valence-electron chi connectivity index (χ3n) is 4.22. The molecule has 2 N–H and O–H groups in total. The standard InChI is InChI=1S/C20H16BrNO2/c21-13-9-11-14(12-10-13)22-19-16-6-2-4-8-18(16)24-20(19)15-5-1-3-7-17(15)23/h1-12,19-20,22-23H/t19-,20+/m0/s1. The number of benzene rings is 3. The van der Waals surface area contributed by atoms with Crippen molar-refractivity contribution in [3.05, 3.63) is 88.4 Å². The first-order valence-corrected chi connectivity index (χ1v) is 8.57. The van der Waals surface area contributed by atoms with Gasteiger partial charge in [-0.05, 0) is 36.4 Å². The maximum Gasteiger partial charge on any atom is 0.152 e. The summed E-state index contributed by atoms with van der Waals surface area (Å²) in [4.78, 5) is 0. The molecule has 4 heteroatoms. The summed E-state index contributed by atoms with van der Waals surface area (Å²) in [5, 5.41) is 13.8. The molecule has 3 aromatic rings. The SMILES string of the molecule is Oc1ccccc1[C@H]1Oc2ccccc2[C@@H]1Nc1ccc(Br)cc1. The first kappa shape index (κ1) is 15.1. The second-order valence-electron chi connectivity index (χ2n) is 5.76. The molecule has 2 atom stereocenters. The predicted octanol–water partition coefficient (Wildman–Crippen LogP) is 5.44. The first-order valence-electron chi connectivity index (χ1n) is 7.78. The summed E-state index contributed by atoms with van der Waals surface area (Å²) in [7, 11) is 0. The Morgan fingerprint density at radius 2 is 1.50 bits per heavy atom. The number of nitrogens with one attached hydrogen (secondary N) is 1. The number of phenolic OH excluding ortho intramolecular Hbond substituents is 1. The number of anilines is 1. The number of hydrogen-bond acceptors (Lipinski definition) is 3. The highest BCUT2D eigenvalue weighted by Gasteiger charge is 2.36. The Morgan fingerprint density at radius 3 is 2.25 bits per heavy atom. The van der Waals surface area contributed by atoms with Crippen LogP contribution in [0.2, 0.25) is 0 Å². The molecule has 4 rings (SSSR count). The number of phenols is 1. The van der Waals surface area contributed by atoms with E-state index in [4.69, 9.17) is 4.74 Å².